The summed E-state index contributed by atoms with van der Waals surface area (Å²) in [4.78, 5) is 0. The summed E-state index contributed by atoms with van der Waals surface area (Å²) >= 11 is 0. The van der Waals surface area contributed by atoms with Crippen LogP contribution in [0.2, 0.25) is 0 Å². The molecule has 1 aromatic rings. The van der Waals surface area contributed by atoms with Crippen molar-refractivity contribution in [2.75, 3.05) is 13.1 Å². The third-order valence-electron chi connectivity index (χ3n) is 2.43. The van der Waals surface area contributed by atoms with Crippen molar-refractivity contribution < 1.29 is 13.5 Å². The number of piperidine rings is 1. The molecule has 0 N–H and O–H groups in total. The molecule has 0 unspecified atom stereocenters. The summed E-state index contributed by atoms with van der Waals surface area (Å²) in [5.41, 5.74) is 0. The summed E-state index contributed by atoms with van der Waals surface area (Å²) in [6.45, 7) is 1.48. The molecule has 1 fully saturated rings. The minimum absolute atomic E-state index is 0.00176. The number of hydrogen-bond acceptors (Lipinski definition) is 1. The third kappa shape index (κ3) is 2.45. The fourth-order valence-corrected chi connectivity index (χ4v) is 1.60. The molecule has 1 radical (unpaired) electrons. The Labute approximate surface area is 87.2 Å². The van der Waals surface area contributed by atoms with Gasteiger partial charge in [0.15, 0.2) is 11.6 Å². The topological polar surface area (TPSA) is 23.3 Å². The van der Waals surface area contributed by atoms with Crippen LogP contribution >= 0.6 is 0 Å². The Hall–Kier alpha value is -1.16. The quantitative estimate of drug-likeness (QED) is 0.736. The largest absolute Gasteiger partial charge is 0.487 e. The average Bonchev–Trinajstić information content (AvgIpc) is 2.26. The van der Waals surface area contributed by atoms with Gasteiger partial charge >= 0.3 is 0 Å². The second-order valence-electron chi connectivity index (χ2n) is 3.54. The zero-order chi connectivity index (χ0) is 10.7. The molecule has 1 heterocycles. The van der Waals surface area contributed by atoms with E-state index >= 15 is 0 Å². The lowest BCUT2D eigenvalue weighted by molar-refractivity contribution is 0.153. The smallest absolute Gasteiger partial charge is 0.200 e. The Morgan fingerprint density at radius 1 is 1.20 bits per heavy atom. The van der Waals surface area contributed by atoms with Crippen LogP contribution in [0.15, 0.2) is 18.2 Å². The van der Waals surface area contributed by atoms with Gasteiger partial charge in [0, 0.05) is 13.1 Å². The SMILES string of the molecule is Fc1cccc(OC2CC[N]CC2)c1F. The van der Waals surface area contributed by atoms with Gasteiger partial charge in [-0.2, -0.15) is 4.39 Å². The second-order valence-corrected chi connectivity index (χ2v) is 3.54. The lowest BCUT2D eigenvalue weighted by Crippen LogP contribution is -2.30. The Morgan fingerprint density at radius 2 is 1.93 bits per heavy atom. The van der Waals surface area contributed by atoms with E-state index < -0.39 is 11.6 Å². The molecule has 1 saturated heterocycles. The maximum atomic E-state index is 13.2. The predicted molar refractivity (Wildman–Crippen MR) is 51.9 cm³/mol. The van der Waals surface area contributed by atoms with Crippen LogP contribution in [0, 0.1) is 11.6 Å². The normalized spacial score (nSPS) is 17.7. The van der Waals surface area contributed by atoms with E-state index in [1.54, 1.807) is 0 Å². The van der Waals surface area contributed by atoms with E-state index in [1.807, 2.05) is 0 Å². The molecular weight excluding hydrogens is 200 g/mol. The van der Waals surface area contributed by atoms with Crippen molar-refractivity contribution in [3.63, 3.8) is 0 Å². The van der Waals surface area contributed by atoms with Gasteiger partial charge in [-0.15, -0.1) is 0 Å². The third-order valence-corrected chi connectivity index (χ3v) is 2.43. The molecule has 1 aliphatic heterocycles. The fraction of sp³-hybridized carbons (Fsp3) is 0.455. The molecule has 0 bridgehead atoms. The summed E-state index contributed by atoms with van der Waals surface area (Å²) in [6, 6.07) is 3.98. The van der Waals surface area contributed by atoms with Crippen molar-refractivity contribution in [3.8, 4) is 5.75 Å². The van der Waals surface area contributed by atoms with Crippen molar-refractivity contribution in [1.29, 1.82) is 0 Å². The summed E-state index contributed by atoms with van der Waals surface area (Å²) in [6.07, 6.45) is 1.50. The first-order valence-electron chi connectivity index (χ1n) is 5.01. The molecule has 15 heavy (non-hydrogen) atoms. The summed E-state index contributed by atoms with van der Waals surface area (Å²) in [5.74, 6) is -1.77. The van der Waals surface area contributed by atoms with Crippen LogP contribution < -0.4 is 10.1 Å². The van der Waals surface area contributed by atoms with Gasteiger partial charge in [-0.05, 0) is 25.0 Å². The van der Waals surface area contributed by atoms with Crippen molar-refractivity contribution in [1.82, 2.24) is 5.32 Å². The van der Waals surface area contributed by atoms with Gasteiger partial charge in [-0.3, -0.25) is 0 Å². The Morgan fingerprint density at radius 3 is 2.67 bits per heavy atom. The minimum Gasteiger partial charge on any atom is -0.487 e. The Balaban J connectivity index is 2.06. The minimum atomic E-state index is -0.903. The first kappa shape index (κ1) is 10.4. The van der Waals surface area contributed by atoms with Gasteiger partial charge in [0.2, 0.25) is 5.82 Å². The van der Waals surface area contributed by atoms with Crippen LogP contribution in [0.5, 0.6) is 5.75 Å². The standard InChI is InChI=1S/C11H12F2NO/c12-9-2-1-3-10(11(9)13)15-8-4-6-14-7-5-8/h1-3,8H,4-7H2. The van der Waals surface area contributed by atoms with Crippen LogP contribution in [0.1, 0.15) is 12.8 Å². The van der Waals surface area contributed by atoms with Crippen LogP contribution in [-0.2, 0) is 0 Å². The zero-order valence-electron chi connectivity index (χ0n) is 8.25. The van der Waals surface area contributed by atoms with E-state index in [9.17, 15) is 8.78 Å². The number of rotatable bonds is 2. The summed E-state index contributed by atoms with van der Waals surface area (Å²) < 4.78 is 31.5. The molecular formula is C11H12F2NO. The van der Waals surface area contributed by atoms with E-state index in [-0.39, 0.29) is 11.9 Å². The fourth-order valence-electron chi connectivity index (χ4n) is 1.60. The van der Waals surface area contributed by atoms with Gasteiger partial charge in [0.1, 0.15) is 6.10 Å². The van der Waals surface area contributed by atoms with Gasteiger partial charge in [-0.25, -0.2) is 9.71 Å². The molecule has 2 rings (SSSR count). The van der Waals surface area contributed by atoms with Crippen LogP contribution in [0.25, 0.3) is 0 Å². The van der Waals surface area contributed by atoms with Crippen molar-refractivity contribution in [3.05, 3.63) is 29.8 Å². The monoisotopic (exact) mass is 212 g/mol. The maximum Gasteiger partial charge on any atom is 0.200 e. The van der Waals surface area contributed by atoms with Crippen LogP contribution in [0.4, 0.5) is 8.78 Å². The van der Waals surface area contributed by atoms with Crippen molar-refractivity contribution in [2.24, 2.45) is 0 Å². The molecule has 0 saturated carbocycles. The van der Waals surface area contributed by atoms with Crippen LogP contribution in [-0.4, -0.2) is 19.2 Å². The van der Waals surface area contributed by atoms with E-state index in [0.717, 1.165) is 32.0 Å². The van der Waals surface area contributed by atoms with E-state index in [4.69, 9.17) is 4.74 Å². The molecule has 1 aliphatic rings. The lowest BCUT2D eigenvalue weighted by Gasteiger charge is -2.23. The van der Waals surface area contributed by atoms with Gasteiger partial charge in [0.25, 0.3) is 0 Å². The molecule has 0 atom stereocenters. The molecule has 81 valence electrons. The molecule has 1 aromatic carbocycles. The first-order valence-corrected chi connectivity index (χ1v) is 5.01. The number of benzene rings is 1. The highest BCUT2D eigenvalue weighted by atomic mass is 19.2. The highest BCUT2D eigenvalue weighted by Gasteiger charge is 2.18. The van der Waals surface area contributed by atoms with Crippen LogP contribution in [0.3, 0.4) is 0 Å². The van der Waals surface area contributed by atoms with Gasteiger partial charge < -0.3 is 4.74 Å². The number of ether oxygens (including phenoxy) is 1. The number of hydrogen-bond donors (Lipinski definition) is 0. The number of nitrogens with zero attached hydrogens (tertiary/aromatic N) is 1. The van der Waals surface area contributed by atoms with Gasteiger partial charge in [0.05, 0.1) is 0 Å². The molecule has 4 heteroatoms. The van der Waals surface area contributed by atoms with Gasteiger partial charge in [-0.1, -0.05) is 6.07 Å². The molecule has 0 spiro atoms. The van der Waals surface area contributed by atoms with Crippen molar-refractivity contribution >= 4 is 0 Å². The Kier molecular flexibility index (Phi) is 3.16. The van der Waals surface area contributed by atoms with Crippen molar-refractivity contribution in [2.45, 2.75) is 18.9 Å². The molecule has 0 amide bonds. The van der Waals surface area contributed by atoms with E-state index in [1.165, 1.54) is 12.1 Å². The average molecular weight is 212 g/mol. The molecule has 0 aromatic heterocycles. The predicted octanol–water partition coefficient (Wildman–Crippen LogP) is 2.11. The maximum absolute atomic E-state index is 13.2. The number of halogens is 2. The first-order chi connectivity index (χ1) is 7.27. The molecule has 2 nitrogen and oxygen atoms in total. The van der Waals surface area contributed by atoms with E-state index in [0.29, 0.717) is 0 Å². The highest BCUT2D eigenvalue weighted by Crippen LogP contribution is 2.22. The lowest BCUT2D eigenvalue weighted by atomic mass is 10.1. The second kappa shape index (κ2) is 4.57. The molecule has 0 aliphatic carbocycles. The highest BCUT2D eigenvalue weighted by molar-refractivity contribution is 5.25. The van der Waals surface area contributed by atoms with E-state index in [2.05, 4.69) is 5.32 Å². The Bertz CT molecular complexity index is 337. The summed E-state index contributed by atoms with van der Waals surface area (Å²) in [7, 11) is 0. The zero-order valence-corrected chi connectivity index (χ0v) is 8.25. The summed E-state index contributed by atoms with van der Waals surface area (Å²) in [5, 5.41) is 4.16.